The van der Waals surface area contributed by atoms with Gasteiger partial charge in [0.25, 0.3) is 5.91 Å². The summed E-state index contributed by atoms with van der Waals surface area (Å²) >= 11 is 6.09. The van der Waals surface area contributed by atoms with Gasteiger partial charge in [0.15, 0.2) is 0 Å². The third-order valence-electron chi connectivity index (χ3n) is 7.77. The number of hydrogen-bond acceptors (Lipinski definition) is 4. The highest BCUT2D eigenvalue weighted by molar-refractivity contribution is 6.31. The molecule has 0 unspecified atom stereocenters. The van der Waals surface area contributed by atoms with E-state index in [1.165, 1.54) is 7.11 Å². The van der Waals surface area contributed by atoms with Crippen molar-refractivity contribution in [2.45, 2.75) is 45.4 Å². The number of nitrogens with zero attached hydrogens (tertiary/aromatic N) is 3. The van der Waals surface area contributed by atoms with E-state index in [4.69, 9.17) is 16.3 Å². The van der Waals surface area contributed by atoms with Gasteiger partial charge >= 0.3 is 0 Å². The van der Waals surface area contributed by atoms with Gasteiger partial charge in [0.1, 0.15) is 5.75 Å². The number of methoxy groups -OCH3 is 1. The maximum Gasteiger partial charge on any atom is 0.257 e. The number of benzene rings is 1. The standard InChI is InChI=1S/C26H36ClN3O4/c1-18-5-11-28(12-6-18)24(31)19-7-13-29(14-8-19)25(32)20-9-15-30(16-10-20)26(33)22-17-21(27)3-4-23(22)34-2/h3-4,17-20H,5-16H2,1-2H3. The smallest absolute Gasteiger partial charge is 0.257 e. The zero-order valence-corrected chi connectivity index (χ0v) is 21.1. The Morgan fingerprint density at radius 3 is 1.76 bits per heavy atom. The second kappa shape index (κ2) is 11.0. The van der Waals surface area contributed by atoms with E-state index >= 15 is 0 Å². The van der Waals surface area contributed by atoms with E-state index in [1.807, 2.05) is 9.80 Å². The van der Waals surface area contributed by atoms with Crippen molar-refractivity contribution in [1.82, 2.24) is 14.7 Å². The van der Waals surface area contributed by atoms with Crippen LogP contribution in [-0.2, 0) is 9.59 Å². The Morgan fingerprint density at radius 1 is 0.794 bits per heavy atom. The summed E-state index contributed by atoms with van der Waals surface area (Å²) < 4.78 is 5.33. The summed E-state index contributed by atoms with van der Waals surface area (Å²) in [7, 11) is 1.54. The highest BCUT2D eigenvalue weighted by Gasteiger charge is 2.35. The molecular weight excluding hydrogens is 454 g/mol. The molecule has 0 bridgehead atoms. The topological polar surface area (TPSA) is 70.2 Å². The zero-order chi connectivity index (χ0) is 24.2. The highest BCUT2D eigenvalue weighted by Crippen LogP contribution is 2.29. The number of carbonyl (C=O) groups is 3. The molecule has 7 nitrogen and oxygen atoms in total. The number of rotatable bonds is 4. The van der Waals surface area contributed by atoms with Crippen LogP contribution in [0.1, 0.15) is 55.8 Å². The molecule has 34 heavy (non-hydrogen) atoms. The Morgan fingerprint density at radius 2 is 1.26 bits per heavy atom. The average Bonchev–Trinajstić information content (AvgIpc) is 2.88. The second-order valence-electron chi connectivity index (χ2n) is 10.0. The van der Waals surface area contributed by atoms with E-state index in [0.29, 0.717) is 61.3 Å². The van der Waals surface area contributed by atoms with E-state index in [-0.39, 0.29) is 29.6 Å². The summed E-state index contributed by atoms with van der Waals surface area (Å²) in [6.45, 7) is 6.37. The molecule has 0 aliphatic carbocycles. The Balaban J connectivity index is 1.25. The van der Waals surface area contributed by atoms with E-state index < -0.39 is 0 Å². The third-order valence-corrected chi connectivity index (χ3v) is 8.01. The van der Waals surface area contributed by atoms with Crippen molar-refractivity contribution < 1.29 is 19.1 Å². The molecule has 0 aromatic heterocycles. The van der Waals surface area contributed by atoms with E-state index in [0.717, 1.165) is 38.8 Å². The molecule has 3 saturated heterocycles. The Hall–Kier alpha value is -2.28. The first kappa shape index (κ1) is 24.8. The van der Waals surface area contributed by atoms with E-state index in [1.54, 1.807) is 23.1 Å². The van der Waals surface area contributed by atoms with Gasteiger partial charge in [0, 0.05) is 56.1 Å². The molecule has 3 fully saturated rings. The number of likely N-dealkylation sites (tertiary alicyclic amines) is 3. The first-order chi connectivity index (χ1) is 16.4. The molecular formula is C26H36ClN3O4. The summed E-state index contributed by atoms with van der Waals surface area (Å²) in [4.78, 5) is 44.8. The molecule has 1 aromatic rings. The van der Waals surface area contributed by atoms with Crippen LogP contribution in [0, 0.1) is 17.8 Å². The molecule has 3 aliphatic rings. The molecule has 0 radical (unpaired) electrons. The lowest BCUT2D eigenvalue weighted by molar-refractivity contribution is -0.144. The molecule has 0 saturated carbocycles. The number of hydrogen-bond donors (Lipinski definition) is 0. The molecule has 186 valence electrons. The van der Waals surface area contributed by atoms with Gasteiger partial charge < -0.3 is 19.4 Å². The maximum atomic E-state index is 13.1. The summed E-state index contributed by atoms with van der Waals surface area (Å²) in [5.74, 6) is 1.52. The van der Waals surface area contributed by atoms with Gasteiger partial charge in [0.2, 0.25) is 11.8 Å². The first-order valence-corrected chi connectivity index (χ1v) is 13.0. The van der Waals surface area contributed by atoms with Crippen LogP contribution in [-0.4, -0.2) is 78.8 Å². The predicted molar refractivity (Wildman–Crippen MR) is 131 cm³/mol. The normalized spacial score (nSPS) is 21.0. The lowest BCUT2D eigenvalue weighted by Crippen LogP contribution is -2.49. The fourth-order valence-corrected chi connectivity index (χ4v) is 5.61. The van der Waals surface area contributed by atoms with E-state index in [2.05, 4.69) is 6.92 Å². The number of amides is 3. The van der Waals surface area contributed by atoms with Gasteiger partial charge in [-0.3, -0.25) is 14.4 Å². The van der Waals surface area contributed by atoms with Gasteiger partial charge in [0.05, 0.1) is 12.7 Å². The van der Waals surface area contributed by atoms with Crippen LogP contribution >= 0.6 is 11.6 Å². The minimum absolute atomic E-state index is 0.0459. The van der Waals surface area contributed by atoms with Gasteiger partial charge in [-0.15, -0.1) is 0 Å². The van der Waals surface area contributed by atoms with Gasteiger partial charge in [-0.2, -0.15) is 0 Å². The summed E-state index contributed by atoms with van der Waals surface area (Å²) in [6, 6.07) is 5.04. The van der Waals surface area contributed by atoms with Crippen LogP contribution in [0.5, 0.6) is 5.75 Å². The van der Waals surface area contributed by atoms with Gasteiger partial charge in [-0.1, -0.05) is 18.5 Å². The van der Waals surface area contributed by atoms with E-state index in [9.17, 15) is 14.4 Å². The molecule has 0 spiro atoms. The van der Waals surface area contributed by atoms with Crippen molar-refractivity contribution in [2.24, 2.45) is 17.8 Å². The largest absolute Gasteiger partial charge is 0.496 e. The van der Waals surface area contributed by atoms with Crippen LogP contribution in [0.3, 0.4) is 0 Å². The van der Waals surface area contributed by atoms with Crippen LogP contribution in [0.15, 0.2) is 18.2 Å². The van der Waals surface area contributed by atoms with Crippen molar-refractivity contribution in [2.75, 3.05) is 46.4 Å². The summed E-state index contributed by atoms with van der Waals surface area (Å²) in [6.07, 6.45) is 4.99. The highest BCUT2D eigenvalue weighted by atomic mass is 35.5. The molecule has 0 atom stereocenters. The van der Waals surface area contributed by atoms with Crippen LogP contribution in [0.2, 0.25) is 5.02 Å². The maximum absolute atomic E-state index is 13.1. The Kier molecular flexibility index (Phi) is 8.02. The predicted octanol–water partition coefficient (Wildman–Crippen LogP) is 3.70. The van der Waals surface area contributed by atoms with Gasteiger partial charge in [-0.25, -0.2) is 0 Å². The molecule has 8 heteroatoms. The van der Waals surface area contributed by atoms with Crippen molar-refractivity contribution in [3.63, 3.8) is 0 Å². The van der Waals surface area contributed by atoms with Crippen LogP contribution < -0.4 is 4.74 Å². The number of ether oxygens (including phenoxy) is 1. The molecule has 3 heterocycles. The molecule has 0 N–H and O–H groups in total. The summed E-state index contributed by atoms with van der Waals surface area (Å²) in [5.41, 5.74) is 0.453. The summed E-state index contributed by atoms with van der Waals surface area (Å²) in [5, 5.41) is 0.492. The zero-order valence-electron chi connectivity index (χ0n) is 20.3. The van der Waals surface area contributed by atoms with Gasteiger partial charge in [-0.05, 0) is 62.6 Å². The SMILES string of the molecule is COc1ccc(Cl)cc1C(=O)N1CCC(C(=O)N2CCC(C(=O)N3CCC(C)CC3)CC2)CC1. The molecule has 4 rings (SSSR count). The molecule has 3 amide bonds. The third kappa shape index (κ3) is 5.51. The fourth-order valence-electron chi connectivity index (χ4n) is 5.44. The van der Waals surface area contributed by atoms with Crippen molar-refractivity contribution in [3.05, 3.63) is 28.8 Å². The number of halogens is 1. The van der Waals surface area contributed by atoms with Crippen LogP contribution in [0.4, 0.5) is 0 Å². The van der Waals surface area contributed by atoms with Crippen molar-refractivity contribution >= 4 is 29.3 Å². The minimum Gasteiger partial charge on any atom is -0.496 e. The Bertz CT molecular complexity index is 899. The second-order valence-corrected chi connectivity index (χ2v) is 10.5. The number of carbonyl (C=O) groups excluding carboxylic acids is 3. The average molecular weight is 490 g/mol. The monoisotopic (exact) mass is 489 g/mol. The van der Waals surface area contributed by atoms with Crippen LogP contribution in [0.25, 0.3) is 0 Å². The minimum atomic E-state index is -0.114. The van der Waals surface area contributed by atoms with Crippen molar-refractivity contribution in [1.29, 1.82) is 0 Å². The lowest BCUT2D eigenvalue weighted by Gasteiger charge is -2.39. The molecule has 3 aliphatic heterocycles. The lowest BCUT2D eigenvalue weighted by atomic mass is 9.90. The Labute approximate surface area is 207 Å². The number of piperidine rings is 3. The quantitative estimate of drug-likeness (QED) is 0.646. The molecule has 1 aromatic carbocycles. The fraction of sp³-hybridized carbons (Fsp3) is 0.654. The first-order valence-electron chi connectivity index (χ1n) is 12.6. The van der Waals surface area contributed by atoms with Crippen molar-refractivity contribution in [3.8, 4) is 5.75 Å².